The van der Waals surface area contributed by atoms with Crippen LogP contribution in [0.1, 0.15) is 63.7 Å². The van der Waals surface area contributed by atoms with Gasteiger partial charge in [-0.1, -0.05) is 27.7 Å². The van der Waals surface area contributed by atoms with Crippen LogP contribution in [0.3, 0.4) is 0 Å². The van der Waals surface area contributed by atoms with Gasteiger partial charge in [0.1, 0.15) is 12.1 Å². The molecule has 0 unspecified atom stereocenters. The van der Waals surface area contributed by atoms with Crippen LogP contribution in [0.5, 0.6) is 0 Å². The summed E-state index contributed by atoms with van der Waals surface area (Å²) in [5.41, 5.74) is -0.0354. The van der Waals surface area contributed by atoms with Gasteiger partial charge in [0.15, 0.2) is 0 Å². The number of hydrogen-bond acceptors (Lipinski definition) is 7. The summed E-state index contributed by atoms with van der Waals surface area (Å²) < 4.78 is 0. The highest BCUT2D eigenvalue weighted by molar-refractivity contribution is 7.96. The van der Waals surface area contributed by atoms with Crippen molar-refractivity contribution in [3.8, 4) is 0 Å². The Hall–Kier alpha value is -3.48. The van der Waals surface area contributed by atoms with Gasteiger partial charge in [0.2, 0.25) is 22.8 Å². The number of hydrogen-bond donors (Lipinski definition) is 5. The Balaban J connectivity index is 2.13. The SMILES string of the molecule is CC(C)C[C@H](NC(=O)[C@@H](NC(=O)c1ccc([N+](=O)[O-])cc1)C(C)C)C(=O)N[C@@H](C[C@@H]1CCCNC1=O)C(=O)S. The molecule has 0 saturated carbocycles. The van der Waals surface area contributed by atoms with E-state index in [1.165, 1.54) is 24.3 Å². The van der Waals surface area contributed by atoms with Gasteiger partial charge >= 0.3 is 0 Å². The zero-order chi connectivity index (χ0) is 29.3. The number of thiol groups is 1. The first kappa shape index (κ1) is 31.7. The third kappa shape index (κ3) is 9.65. The minimum Gasteiger partial charge on any atom is -0.356 e. The molecule has 1 heterocycles. The van der Waals surface area contributed by atoms with Crippen LogP contribution in [0.2, 0.25) is 0 Å². The molecule has 1 fully saturated rings. The third-order valence-corrected chi connectivity index (χ3v) is 6.76. The number of nitrogens with one attached hydrogen (secondary N) is 4. The second-order valence-electron chi connectivity index (χ2n) is 10.5. The van der Waals surface area contributed by atoms with Gasteiger partial charge in [-0.15, -0.1) is 12.6 Å². The van der Waals surface area contributed by atoms with Crippen LogP contribution < -0.4 is 21.3 Å². The molecule has 12 nitrogen and oxygen atoms in total. The largest absolute Gasteiger partial charge is 0.356 e. The first-order valence-corrected chi connectivity index (χ1v) is 13.4. The smallest absolute Gasteiger partial charge is 0.269 e. The number of piperidine rings is 1. The molecule has 4 amide bonds. The van der Waals surface area contributed by atoms with E-state index in [4.69, 9.17) is 0 Å². The molecule has 0 bridgehead atoms. The van der Waals surface area contributed by atoms with E-state index < -0.39 is 51.8 Å². The van der Waals surface area contributed by atoms with Crippen molar-refractivity contribution < 1.29 is 28.9 Å². The average molecular weight is 564 g/mol. The van der Waals surface area contributed by atoms with E-state index in [-0.39, 0.29) is 41.8 Å². The van der Waals surface area contributed by atoms with Gasteiger partial charge in [0, 0.05) is 30.2 Å². The van der Waals surface area contributed by atoms with Crippen molar-refractivity contribution in [2.75, 3.05) is 6.54 Å². The lowest BCUT2D eigenvalue weighted by molar-refractivity contribution is -0.384. The molecule has 214 valence electrons. The van der Waals surface area contributed by atoms with Crippen molar-refractivity contribution >= 4 is 47.1 Å². The summed E-state index contributed by atoms with van der Waals surface area (Å²) in [6, 6.07) is 1.94. The number of nitro groups is 1. The quantitative estimate of drug-likeness (QED) is 0.138. The average Bonchev–Trinajstić information content (AvgIpc) is 2.86. The molecular formula is C26H37N5O7S. The number of nitro benzene ring substituents is 1. The van der Waals surface area contributed by atoms with Crippen molar-refractivity contribution in [3.63, 3.8) is 0 Å². The first-order valence-electron chi connectivity index (χ1n) is 13.0. The summed E-state index contributed by atoms with van der Waals surface area (Å²) in [6.07, 6.45) is 1.72. The Bertz CT molecular complexity index is 1080. The van der Waals surface area contributed by atoms with E-state index >= 15 is 0 Å². The molecular weight excluding hydrogens is 526 g/mol. The summed E-state index contributed by atoms with van der Waals surface area (Å²) in [5.74, 6) is -2.75. The van der Waals surface area contributed by atoms with Gasteiger partial charge in [-0.2, -0.15) is 0 Å². The van der Waals surface area contributed by atoms with Gasteiger partial charge in [-0.25, -0.2) is 0 Å². The number of non-ortho nitro benzene ring substituents is 1. The van der Waals surface area contributed by atoms with E-state index in [0.29, 0.717) is 13.0 Å². The standard InChI is InChI=1S/C26H37N5O7S/c1-14(2)12-19(24(34)29-20(26(36)39)13-17-6-5-11-27-22(17)32)28-25(35)21(15(3)4)30-23(33)16-7-9-18(10-8-16)31(37)38/h7-10,14-15,17,19-21H,5-6,11-13H2,1-4H3,(H,27,32)(H,28,35)(H,29,34)(H,30,33)(H,36,39)/t17-,19-,20-,21-/m0/s1. The van der Waals surface area contributed by atoms with Crippen molar-refractivity contribution in [3.05, 3.63) is 39.9 Å². The minimum atomic E-state index is -1.01. The van der Waals surface area contributed by atoms with Gasteiger partial charge in [-0.3, -0.25) is 34.1 Å². The fraction of sp³-hybridized carbons (Fsp3) is 0.577. The molecule has 0 aliphatic carbocycles. The van der Waals surface area contributed by atoms with Crippen LogP contribution in [0, 0.1) is 27.9 Å². The van der Waals surface area contributed by atoms with E-state index in [9.17, 15) is 34.1 Å². The van der Waals surface area contributed by atoms with Crippen molar-refractivity contribution in [1.82, 2.24) is 21.3 Å². The summed E-state index contributed by atoms with van der Waals surface area (Å²) >= 11 is 3.90. The second kappa shape index (κ2) is 14.6. The maximum Gasteiger partial charge on any atom is 0.269 e. The van der Waals surface area contributed by atoms with Crippen LogP contribution in [-0.4, -0.2) is 58.3 Å². The lowest BCUT2D eigenvalue weighted by Crippen LogP contribution is -2.57. The Kier molecular flexibility index (Phi) is 11.9. The zero-order valence-corrected chi connectivity index (χ0v) is 23.5. The predicted molar refractivity (Wildman–Crippen MR) is 147 cm³/mol. The Morgan fingerprint density at radius 3 is 2.15 bits per heavy atom. The molecule has 1 aliphatic rings. The molecule has 1 aromatic carbocycles. The first-order chi connectivity index (χ1) is 18.3. The molecule has 1 saturated heterocycles. The minimum absolute atomic E-state index is 0.00234. The maximum atomic E-state index is 13.2. The number of carbonyl (C=O) groups excluding carboxylic acids is 5. The second-order valence-corrected chi connectivity index (χ2v) is 10.9. The monoisotopic (exact) mass is 563 g/mol. The molecule has 0 radical (unpaired) electrons. The zero-order valence-electron chi connectivity index (χ0n) is 22.6. The lowest BCUT2D eigenvalue weighted by atomic mass is 9.91. The summed E-state index contributed by atoms with van der Waals surface area (Å²) in [7, 11) is 0. The molecule has 0 spiro atoms. The number of carbonyl (C=O) groups is 5. The Morgan fingerprint density at radius 1 is 1.03 bits per heavy atom. The molecule has 0 aromatic heterocycles. The van der Waals surface area contributed by atoms with E-state index in [2.05, 4.69) is 33.9 Å². The van der Waals surface area contributed by atoms with Crippen LogP contribution in [0.25, 0.3) is 0 Å². The number of rotatable bonds is 13. The van der Waals surface area contributed by atoms with Gasteiger partial charge < -0.3 is 21.3 Å². The van der Waals surface area contributed by atoms with E-state index in [0.717, 1.165) is 6.42 Å². The predicted octanol–water partition coefficient (Wildman–Crippen LogP) is 1.74. The van der Waals surface area contributed by atoms with E-state index in [1.807, 2.05) is 13.8 Å². The number of nitrogens with zero attached hydrogens (tertiary/aromatic N) is 1. The molecule has 1 aliphatic heterocycles. The van der Waals surface area contributed by atoms with Crippen molar-refractivity contribution in [2.24, 2.45) is 17.8 Å². The third-order valence-electron chi connectivity index (χ3n) is 6.45. The fourth-order valence-electron chi connectivity index (χ4n) is 4.30. The summed E-state index contributed by atoms with van der Waals surface area (Å²) in [6.45, 7) is 7.76. The molecule has 39 heavy (non-hydrogen) atoms. The Labute approximate surface area is 233 Å². The molecule has 4 N–H and O–H groups in total. The molecule has 2 rings (SSSR count). The number of amides is 4. The molecule has 4 atom stereocenters. The highest BCUT2D eigenvalue weighted by atomic mass is 32.1. The summed E-state index contributed by atoms with van der Waals surface area (Å²) in [5, 5.41) is 21.0. The van der Waals surface area contributed by atoms with Crippen molar-refractivity contribution in [1.29, 1.82) is 0 Å². The summed E-state index contributed by atoms with van der Waals surface area (Å²) in [4.78, 5) is 73.9. The fourth-order valence-corrected chi connectivity index (χ4v) is 4.47. The maximum absolute atomic E-state index is 13.2. The number of benzene rings is 1. The Morgan fingerprint density at radius 2 is 1.64 bits per heavy atom. The molecule has 13 heteroatoms. The van der Waals surface area contributed by atoms with Crippen molar-refractivity contribution in [2.45, 2.75) is 71.5 Å². The normalized spacial score (nSPS) is 17.5. The van der Waals surface area contributed by atoms with E-state index in [1.54, 1.807) is 13.8 Å². The lowest BCUT2D eigenvalue weighted by Gasteiger charge is -2.28. The highest BCUT2D eigenvalue weighted by Gasteiger charge is 2.33. The van der Waals surface area contributed by atoms with Gasteiger partial charge in [0.25, 0.3) is 11.6 Å². The van der Waals surface area contributed by atoms with Crippen LogP contribution in [0.4, 0.5) is 5.69 Å². The topological polar surface area (TPSA) is 177 Å². The molecule has 1 aromatic rings. The van der Waals surface area contributed by atoms with Gasteiger partial charge in [0.05, 0.1) is 11.0 Å². The van der Waals surface area contributed by atoms with Crippen LogP contribution in [0.15, 0.2) is 24.3 Å². The van der Waals surface area contributed by atoms with Crippen LogP contribution >= 0.6 is 12.6 Å². The van der Waals surface area contributed by atoms with Crippen LogP contribution in [-0.2, 0) is 19.2 Å². The highest BCUT2D eigenvalue weighted by Crippen LogP contribution is 2.19. The van der Waals surface area contributed by atoms with Gasteiger partial charge in [-0.05, 0) is 49.7 Å².